The summed E-state index contributed by atoms with van der Waals surface area (Å²) in [6, 6.07) is 3.84. The molecule has 9 heteroatoms. The van der Waals surface area contributed by atoms with Crippen LogP contribution in [0.4, 0.5) is 5.13 Å². The second-order valence-corrected chi connectivity index (χ2v) is 9.56. The minimum absolute atomic E-state index is 0.0343. The molecule has 1 aromatic carbocycles. The highest BCUT2D eigenvalue weighted by Crippen LogP contribution is 2.42. The van der Waals surface area contributed by atoms with E-state index in [1.807, 2.05) is 12.1 Å². The van der Waals surface area contributed by atoms with Gasteiger partial charge < -0.3 is 19.9 Å². The maximum atomic E-state index is 12.3. The molecule has 2 saturated carbocycles. The zero-order chi connectivity index (χ0) is 22.2. The number of carbonyl (C=O) groups excluding carboxylic acids is 1. The first-order chi connectivity index (χ1) is 15.5. The first-order valence-electron chi connectivity index (χ1n) is 10.9. The summed E-state index contributed by atoms with van der Waals surface area (Å²) in [5.41, 5.74) is 2.45. The third-order valence-electron chi connectivity index (χ3n) is 6.25. The van der Waals surface area contributed by atoms with E-state index in [9.17, 15) is 9.90 Å². The van der Waals surface area contributed by atoms with Crippen LogP contribution in [0.2, 0.25) is 0 Å². The number of aliphatic hydroxyl groups excluding tert-OH is 1. The lowest BCUT2D eigenvalue weighted by molar-refractivity contribution is -0.117. The third kappa shape index (κ3) is 4.20. The number of thiazole rings is 1. The second kappa shape index (κ2) is 8.73. The van der Waals surface area contributed by atoms with Crippen molar-refractivity contribution >= 4 is 32.6 Å². The molecule has 0 aliphatic heterocycles. The van der Waals surface area contributed by atoms with E-state index in [4.69, 9.17) is 9.47 Å². The number of methoxy groups -OCH3 is 1. The van der Waals surface area contributed by atoms with Gasteiger partial charge in [0.1, 0.15) is 12.4 Å². The Kier molecular flexibility index (Phi) is 5.79. The van der Waals surface area contributed by atoms with Gasteiger partial charge in [-0.05, 0) is 43.7 Å². The predicted molar refractivity (Wildman–Crippen MR) is 122 cm³/mol. The van der Waals surface area contributed by atoms with Gasteiger partial charge in [-0.15, -0.1) is 0 Å². The molecule has 0 bridgehead atoms. The number of nitrogens with zero attached hydrogens (tertiary/aromatic N) is 3. The van der Waals surface area contributed by atoms with Crippen molar-refractivity contribution < 1.29 is 19.4 Å². The average molecular weight is 455 g/mol. The molecule has 1 amide bonds. The van der Waals surface area contributed by atoms with Crippen molar-refractivity contribution in [2.75, 3.05) is 12.4 Å². The van der Waals surface area contributed by atoms with Crippen molar-refractivity contribution in [2.24, 2.45) is 11.8 Å². The Labute approximate surface area is 190 Å². The Hall–Kier alpha value is -2.62. The van der Waals surface area contributed by atoms with Crippen LogP contribution in [0.5, 0.6) is 5.75 Å². The maximum absolute atomic E-state index is 12.3. The summed E-state index contributed by atoms with van der Waals surface area (Å²) >= 11 is 1.41. The molecule has 2 N–H and O–H groups in total. The quantitative estimate of drug-likeness (QED) is 0.559. The van der Waals surface area contributed by atoms with Gasteiger partial charge in [-0.25, -0.2) is 15.0 Å². The summed E-state index contributed by atoms with van der Waals surface area (Å²) in [5, 5.41) is 13.4. The standard InChI is InChI=1S/C23H26N4O4S/c1-12-8-15(12)22(29)27-23-26-16-7-6-14(20(30-2)21(16)32-23)13-9-24-19(25-10-13)11-31-18-5-3-4-17(18)28/h6-7,9-10,12,15,17-18,28H,3-5,8,11H2,1-2H3,(H,26,27,29)/t12-,15-,17-,18-/m0/s1. The summed E-state index contributed by atoms with van der Waals surface area (Å²) in [5.74, 6) is 1.83. The fourth-order valence-electron chi connectivity index (χ4n) is 4.19. The fourth-order valence-corrected chi connectivity index (χ4v) is 5.18. The van der Waals surface area contributed by atoms with Crippen molar-refractivity contribution in [3.8, 4) is 16.9 Å². The van der Waals surface area contributed by atoms with Gasteiger partial charge in [0.05, 0.1) is 29.5 Å². The second-order valence-electron chi connectivity index (χ2n) is 8.56. The van der Waals surface area contributed by atoms with Crippen molar-refractivity contribution in [2.45, 2.75) is 51.4 Å². The van der Waals surface area contributed by atoms with Gasteiger partial charge >= 0.3 is 0 Å². The molecule has 0 spiro atoms. The molecule has 4 atom stereocenters. The van der Waals surface area contributed by atoms with Gasteiger partial charge in [-0.2, -0.15) is 0 Å². The van der Waals surface area contributed by atoms with Crippen molar-refractivity contribution in [3.63, 3.8) is 0 Å². The lowest BCUT2D eigenvalue weighted by Crippen LogP contribution is -2.22. The molecule has 168 valence electrons. The number of hydrogen-bond donors (Lipinski definition) is 2. The number of amides is 1. The number of fused-ring (bicyclic) bond motifs is 1. The number of ether oxygens (including phenoxy) is 2. The summed E-state index contributed by atoms with van der Waals surface area (Å²) < 4.78 is 12.4. The van der Waals surface area contributed by atoms with Crippen molar-refractivity contribution in [1.82, 2.24) is 15.0 Å². The number of benzene rings is 1. The minimum atomic E-state index is -0.396. The van der Waals surface area contributed by atoms with Crippen molar-refractivity contribution in [3.05, 3.63) is 30.4 Å². The lowest BCUT2D eigenvalue weighted by atomic mass is 10.1. The van der Waals surface area contributed by atoms with Crippen LogP contribution in [0.1, 0.15) is 38.4 Å². The normalized spacial score (nSPS) is 24.6. The molecule has 0 saturated heterocycles. The molecule has 3 aromatic rings. The summed E-state index contributed by atoms with van der Waals surface area (Å²) in [4.78, 5) is 25.7. The van der Waals surface area contributed by atoms with E-state index in [-0.39, 0.29) is 24.5 Å². The summed E-state index contributed by atoms with van der Waals surface area (Å²) in [7, 11) is 1.62. The van der Waals surface area contributed by atoms with Gasteiger partial charge in [0, 0.05) is 29.4 Å². The highest BCUT2D eigenvalue weighted by atomic mass is 32.1. The van der Waals surface area contributed by atoms with Gasteiger partial charge in [-0.3, -0.25) is 4.79 Å². The monoisotopic (exact) mass is 454 g/mol. The molecule has 8 nitrogen and oxygen atoms in total. The van der Waals surface area contributed by atoms with E-state index in [0.717, 1.165) is 47.0 Å². The van der Waals surface area contributed by atoms with Crippen LogP contribution in [0, 0.1) is 11.8 Å². The molecule has 2 heterocycles. The molecule has 2 fully saturated rings. The van der Waals surface area contributed by atoms with Crippen LogP contribution in [0.15, 0.2) is 24.5 Å². The predicted octanol–water partition coefficient (Wildman–Crippen LogP) is 3.79. The number of nitrogens with one attached hydrogen (secondary N) is 1. The fraction of sp³-hybridized carbons (Fsp3) is 0.478. The smallest absolute Gasteiger partial charge is 0.229 e. The Morgan fingerprint density at radius 1 is 1.28 bits per heavy atom. The molecular weight excluding hydrogens is 428 g/mol. The molecule has 2 aliphatic rings. The van der Waals surface area contributed by atoms with Gasteiger partial charge in [0.15, 0.2) is 11.0 Å². The molecule has 2 aromatic heterocycles. The number of aromatic nitrogens is 3. The average Bonchev–Trinajstić information content (AvgIpc) is 3.18. The summed E-state index contributed by atoms with van der Waals surface area (Å²) in [6.45, 7) is 2.35. The number of anilines is 1. The number of carbonyl (C=O) groups is 1. The molecular formula is C23H26N4O4S. The highest BCUT2D eigenvalue weighted by molar-refractivity contribution is 7.22. The number of aliphatic hydroxyl groups is 1. The molecule has 5 rings (SSSR count). The van der Waals surface area contributed by atoms with Crippen LogP contribution in [-0.2, 0) is 16.1 Å². The van der Waals surface area contributed by atoms with Crippen LogP contribution >= 0.6 is 11.3 Å². The van der Waals surface area contributed by atoms with Gasteiger partial charge in [0.25, 0.3) is 0 Å². The van der Waals surface area contributed by atoms with Crippen molar-refractivity contribution in [1.29, 1.82) is 0 Å². The van der Waals surface area contributed by atoms with Crippen LogP contribution in [-0.4, -0.2) is 45.3 Å². The topological polar surface area (TPSA) is 106 Å². The van der Waals surface area contributed by atoms with Gasteiger partial charge in [-0.1, -0.05) is 18.3 Å². The highest BCUT2D eigenvalue weighted by Gasteiger charge is 2.39. The molecule has 2 aliphatic carbocycles. The Balaban J connectivity index is 1.34. The largest absolute Gasteiger partial charge is 0.495 e. The molecule has 32 heavy (non-hydrogen) atoms. The Morgan fingerprint density at radius 2 is 2.06 bits per heavy atom. The summed E-state index contributed by atoms with van der Waals surface area (Å²) in [6.07, 6.45) is 6.54. The van der Waals surface area contributed by atoms with E-state index < -0.39 is 6.10 Å². The zero-order valence-electron chi connectivity index (χ0n) is 18.1. The van der Waals surface area contributed by atoms with Crippen LogP contribution < -0.4 is 10.1 Å². The number of rotatable bonds is 7. The Morgan fingerprint density at radius 3 is 2.72 bits per heavy atom. The lowest BCUT2D eigenvalue weighted by Gasteiger charge is -2.15. The van der Waals surface area contributed by atoms with E-state index in [1.165, 1.54) is 11.3 Å². The molecule has 0 unspecified atom stereocenters. The first kappa shape index (κ1) is 21.2. The van der Waals surface area contributed by atoms with E-state index >= 15 is 0 Å². The number of hydrogen-bond acceptors (Lipinski definition) is 8. The third-order valence-corrected chi connectivity index (χ3v) is 7.24. The SMILES string of the molecule is COc1c(-c2cnc(CO[C@H]3CCC[C@@H]3O)nc2)ccc2nc(NC(=O)[C@H]3C[C@@H]3C)sc12. The zero-order valence-corrected chi connectivity index (χ0v) is 18.9. The van der Waals surface area contributed by atoms with Crippen LogP contribution in [0.3, 0.4) is 0 Å². The Bertz CT molecular complexity index is 1130. The van der Waals surface area contributed by atoms with Crippen LogP contribution in [0.25, 0.3) is 21.3 Å². The first-order valence-corrected chi connectivity index (χ1v) is 11.7. The van der Waals surface area contributed by atoms with E-state index in [1.54, 1.807) is 19.5 Å². The minimum Gasteiger partial charge on any atom is -0.495 e. The molecule has 0 radical (unpaired) electrons. The van der Waals surface area contributed by atoms with E-state index in [2.05, 4.69) is 27.2 Å². The maximum Gasteiger partial charge on any atom is 0.229 e. The van der Waals surface area contributed by atoms with E-state index in [0.29, 0.717) is 22.6 Å². The van der Waals surface area contributed by atoms with Gasteiger partial charge in [0.2, 0.25) is 5.91 Å².